The fraction of sp³-hybridized carbons (Fsp3) is 0.238. The summed E-state index contributed by atoms with van der Waals surface area (Å²) in [6.07, 6.45) is 4.80. The number of furan rings is 1. The van der Waals surface area contributed by atoms with Gasteiger partial charge in [-0.3, -0.25) is 4.79 Å². The molecule has 0 bridgehead atoms. The van der Waals surface area contributed by atoms with Gasteiger partial charge >= 0.3 is 0 Å². The normalized spacial score (nSPS) is 10.7. The van der Waals surface area contributed by atoms with Crippen molar-refractivity contribution in [2.75, 3.05) is 25.6 Å². The Labute approximate surface area is 178 Å². The summed E-state index contributed by atoms with van der Waals surface area (Å²) in [6.45, 7) is 1.23. The molecule has 0 spiro atoms. The molecule has 0 atom stereocenters. The number of ether oxygens (including phenoxy) is 2. The first-order chi connectivity index (χ1) is 15.2. The number of para-hydroxylation sites is 2. The van der Waals surface area contributed by atoms with Crippen LogP contribution in [0.3, 0.4) is 0 Å². The molecular weight excluding hydrogens is 400 g/mol. The van der Waals surface area contributed by atoms with Gasteiger partial charge in [0.15, 0.2) is 23.8 Å². The molecule has 0 unspecified atom stereocenters. The van der Waals surface area contributed by atoms with E-state index in [0.29, 0.717) is 42.6 Å². The number of aromatic nitrogens is 4. The van der Waals surface area contributed by atoms with Crippen LogP contribution < -0.4 is 20.1 Å². The summed E-state index contributed by atoms with van der Waals surface area (Å²) in [4.78, 5) is 20.7. The lowest BCUT2D eigenvalue weighted by molar-refractivity contribution is -0.123. The van der Waals surface area contributed by atoms with Crippen molar-refractivity contribution in [3.05, 3.63) is 60.9 Å². The van der Waals surface area contributed by atoms with Crippen molar-refractivity contribution in [2.24, 2.45) is 0 Å². The second kappa shape index (κ2) is 9.61. The van der Waals surface area contributed by atoms with E-state index in [9.17, 15) is 4.79 Å². The highest BCUT2D eigenvalue weighted by Crippen LogP contribution is 2.25. The molecule has 2 N–H and O–H groups in total. The van der Waals surface area contributed by atoms with Gasteiger partial charge < -0.3 is 24.5 Å². The zero-order valence-corrected chi connectivity index (χ0v) is 16.9. The van der Waals surface area contributed by atoms with Crippen LogP contribution in [0.1, 0.15) is 5.76 Å². The average Bonchev–Trinajstić information content (AvgIpc) is 3.47. The van der Waals surface area contributed by atoms with E-state index in [1.54, 1.807) is 36.4 Å². The maximum Gasteiger partial charge on any atom is 0.258 e. The predicted molar refractivity (Wildman–Crippen MR) is 113 cm³/mol. The third-order valence-electron chi connectivity index (χ3n) is 4.52. The molecule has 0 saturated heterocycles. The molecule has 1 aromatic carbocycles. The average molecular weight is 422 g/mol. The highest BCUT2D eigenvalue weighted by Gasteiger charge is 2.11. The first-order valence-corrected chi connectivity index (χ1v) is 9.70. The van der Waals surface area contributed by atoms with Gasteiger partial charge in [-0.15, -0.1) is 0 Å². The smallest absolute Gasteiger partial charge is 0.258 e. The number of anilines is 1. The molecule has 4 rings (SSSR count). The lowest BCUT2D eigenvalue weighted by Gasteiger charge is -2.10. The predicted octanol–water partition coefficient (Wildman–Crippen LogP) is 2.24. The highest BCUT2D eigenvalue weighted by molar-refractivity contribution is 5.86. The van der Waals surface area contributed by atoms with Gasteiger partial charge in [0.2, 0.25) is 0 Å². The van der Waals surface area contributed by atoms with Crippen LogP contribution in [0.15, 0.2) is 59.6 Å². The molecule has 10 nitrogen and oxygen atoms in total. The Morgan fingerprint density at radius 2 is 2.03 bits per heavy atom. The van der Waals surface area contributed by atoms with E-state index in [1.165, 1.54) is 6.33 Å². The summed E-state index contributed by atoms with van der Waals surface area (Å²) in [7, 11) is 1.55. The Morgan fingerprint density at radius 1 is 1.16 bits per heavy atom. The maximum absolute atomic E-state index is 12.1. The molecule has 3 aromatic heterocycles. The fourth-order valence-corrected chi connectivity index (χ4v) is 3.02. The van der Waals surface area contributed by atoms with Gasteiger partial charge in [-0.1, -0.05) is 12.1 Å². The first kappa shape index (κ1) is 20.2. The Morgan fingerprint density at radius 3 is 2.84 bits per heavy atom. The molecule has 1 amide bonds. The Hall–Kier alpha value is -4.08. The van der Waals surface area contributed by atoms with Gasteiger partial charge in [-0.05, 0) is 24.3 Å². The molecule has 10 heteroatoms. The number of nitrogens with zero attached hydrogens (tertiary/aromatic N) is 4. The number of carbonyl (C=O) groups excluding carboxylic acids is 1. The molecule has 0 radical (unpaired) electrons. The highest BCUT2D eigenvalue weighted by atomic mass is 16.5. The molecule has 3 heterocycles. The van der Waals surface area contributed by atoms with Crippen LogP contribution in [0.25, 0.3) is 11.0 Å². The van der Waals surface area contributed by atoms with Gasteiger partial charge in [0.25, 0.3) is 5.91 Å². The zero-order chi connectivity index (χ0) is 21.5. The fourth-order valence-electron chi connectivity index (χ4n) is 3.02. The minimum atomic E-state index is -0.238. The van der Waals surface area contributed by atoms with Gasteiger partial charge in [0, 0.05) is 6.54 Å². The number of benzene rings is 1. The van der Waals surface area contributed by atoms with Crippen LogP contribution in [0.2, 0.25) is 0 Å². The van der Waals surface area contributed by atoms with Crippen LogP contribution in [0, 0.1) is 0 Å². The molecule has 0 fully saturated rings. The van der Waals surface area contributed by atoms with Crippen LogP contribution in [0.4, 0.5) is 5.82 Å². The van der Waals surface area contributed by atoms with Crippen molar-refractivity contribution < 1.29 is 18.7 Å². The van der Waals surface area contributed by atoms with Crippen LogP contribution in [-0.2, 0) is 17.9 Å². The summed E-state index contributed by atoms with van der Waals surface area (Å²) in [6, 6.07) is 10.9. The molecular formula is C21H22N6O4. The van der Waals surface area contributed by atoms with Gasteiger partial charge in [-0.25, -0.2) is 14.6 Å². The lowest BCUT2D eigenvalue weighted by Crippen LogP contribution is -2.31. The minimum absolute atomic E-state index is 0.108. The van der Waals surface area contributed by atoms with E-state index in [4.69, 9.17) is 13.9 Å². The van der Waals surface area contributed by atoms with Crippen molar-refractivity contribution in [1.82, 2.24) is 25.1 Å². The number of fused-ring (bicyclic) bond motifs is 1. The Balaban J connectivity index is 1.30. The number of hydrogen-bond acceptors (Lipinski definition) is 8. The summed E-state index contributed by atoms with van der Waals surface area (Å²) in [5, 5.41) is 11.2. The van der Waals surface area contributed by atoms with E-state index in [0.717, 1.165) is 11.1 Å². The molecule has 0 aliphatic heterocycles. The monoisotopic (exact) mass is 422 g/mol. The van der Waals surface area contributed by atoms with Gasteiger partial charge in [0.1, 0.15) is 17.9 Å². The number of carbonyl (C=O) groups is 1. The second-order valence-electron chi connectivity index (χ2n) is 6.55. The number of rotatable bonds is 10. The zero-order valence-electron chi connectivity index (χ0n) is 16.9. The summed E-state index contributed by atoms with van der Waals surface area (Å²) in [5.74, 6) is 2.33. The van der Waals surface area contributed by atoms with E-state index in [2.05, 4.69) is 25.7 Å². The van der Waals surface area contributed by atoms with Crippen molar-refractivity contribution >= 4 is 22.8 Å². The van der Waals surface area contributed by atoms with Gasteiger partial charge in [0.05, 0.1) is 38.0 Å². The SMILES string of the molecule is COc1ccccc1OCC(=O)NCCn1ncc2c(NCc3ccco3)ncnc21. The van der Waals surface area contributed by atoms with Crippen molar-refractivity contribution in [3.63, 3.8) is 0 Å². The van der Waals surface area contributed by atoms with Crippen LogP contribution >= 0.6 is 0 Å². The second-order valence-corrected chi connectivity index (χ2v) is 6.55. The van der Waals surface area contributed by atoms with Crippen LogP contribution in [0.5, 0.6) is 11.5 Å². The van der Waals surface area contributed by atoms with E-state index < -0.39 is 0 Å². The number of methoxy groups -OCH3 is 1. The quantitative estimate of drug-likeness (QED) is 0.400. The van der Waals surface area contributed by atoms with Gasteiger partial charge in [-0.2, -0.15) is 5.10 Å². The Bertz CT molecular complexity index is 1140. The van der Waals surface area contributed by atoms with E-state index in [1.807, 2.05) is 24.3 Å². The summed E-state index contributed by atoms with van der Waals surface area (Å²) < 4.78 is 17.8. The van der Waals surface area contributed by atoms with E-state index >= 15 is 0 Å². The standard InChI is InChI=1S/C21H22N6O4/c1-29-17-6-2-3-7-18(17)31-13-19(28)22-8-9-27-21-16(12-26-27)20(24-14-25-21)23-11-15-5-4-10-30-15/h2-7,10,12,14H,8-9,11,13H2,1H3,(H,22,28)(H,23,24,25). The van der Waals surface area contributed by atoms with Crippen molar-refractivity contribution in [3.8, 4) is 11.5 Å². The molecule has 0 aliphatic rings. The topological polar surface area (TPSA) is 116 Å². The summed E-state index contributed by atoms with van der Waals surface area (Å²) >= 11 is 0. The molecule has 31 heavy (non-hydrogen) atoms. The third kappa shape index (κ3) is 4.92. The number of hydrogen-bond donors (Lipinski definition) is 2. The molecule has 4 aromatic rings. The minimum Gasteiger partial charge on any atom is -0.493 e. The maximum atomic E-state index is 12.1. The molecule has 0 saturated carbocycles. The van der Waals surface area contributed by atoms with Crippen molar-refractivity contribution in [2.45, 2.75) is 13.1 Å². The largest absolute Gasteiger partial charge is 0.493 e. The number of amides is 1. The molecule has 0 aliphatic carbocycles. The molecule has 160 valence electrons. The van der Waals surface area contributed by atoms with Crippen molar-refractivity contribution in [1.29, 1.82) is 0 Å². The summed E-state index contributed by atoms with van der Waals surface area (Å²) in [5.41, 5.74) is 0.677. The Kier molecular flexibility index (Phi) is 6.26. The number of nitrogens with one attached hydrogen (secondary N) is 2. The van der Waals surface area contributed by atoms with E-state index in [-0.39, 0.29) is 12.5 Å². The first-order valence-electron chi connectivity index (χ1n) is 9.70. The lowest BCUT2D eigenvalue weighted by atomic mass is 10.3. The third-order valence-corrected chi connectivity index (χ3v) is 4.52. The van der Waals surface area contributed by atoms with Crippen LogP contribution in [-0.4, -0.2) is 45.9 Å².